The fourth-order valence-electron chi connectivity index (χ4n) is 5.05. The van der Waals surface area contributed by atoms with Crippen LogP contribution in [0.3, 0.4) is 0 Å². The average Bonchev–Trinajstić information content (AvgIpc) is 3.72. The van der Waals surface area contributed by atoms with Crippen LogP contribution >= 0.6 is 34.9 Å². The number of carbonyl (C=O) groups is 2. The average molecular weight is 647 g/mol. The lowest BCUT2D eigenvalue weighted by Gasteiger charge is -2.27. The predicted molar refractivity (Wildman–Crippen MR) is 175 cm³/mol. The number of morpholine rings is 2. The molecule has 1 aromatic rings. The van der Waals surface area contributed by atoms with E-state index in [2.05, 4.69) is 51.2 Å². The topological polar surface area (TPSA) is 100 Å². The minimum atomic E-state index is -1.09. The summed E-state index contributed by atoms with van der Waals surface area (Å²) in [4.78, 5) is 30.3. The first-order chi connectivity index (χ1) is 20.6. The highest BCUT2D eigenvalue weighted by molar-refractivity contribution is 8.18. The van der Waals surface area contributed by atoms with E-state index in [0.717, 1.165) is 70.4 Å². The summed E-state index contributed by atoms with van der Waals surface area (Å²) in [5.74, 6) is -0.902. The number of alkyl carbamates (subject to hydrolysis) is 1. The summed E-state index contributed by atoms with van der Waals surface area (Å²) >= 11 is 5.02. The molecule has 1 aliphatic carbocycles. The third kappa shape index (κ3) is 9.01. The maximum Gasteiger partial charge on any atom is 0.408 e. The maximum absolute atomic E-state index is 12.4. The number of nitrogens with zero attached hydrogens (tertiary/aromatic N) is 2. The summed E-state index contributed by atoms with van der Waals surface area (Å²) in [6, 6.07) is 3.25. The number of rotatable bonds is 8. The zero-order chi connectivity index (χ0) is 30.4. The number of nitrogens with one attached hydrogen (secondary N) is 1. The van der Waals surface area contributed by atoms with Crippen LogP contribution in [0.1, 0.15) is 38.5 Å². The van der Waals surface area contributed by atoms with Crippen molar-refractivity contribution in [3.8, 4) is 0 Å². The highest BCUT2D eigenvalue weighted by atomic mass is 32.2. The van der Waals surface area contributed by atoms with E-state index in [4.69, 9.17) is 14.2 Å². The number of carboxylic acid groups (broad SMARTS) is 1. The molecule has 0 bridgehead atoms. The van der Waals surface area contributed by atoms with Crippen molar-refractivity contribution in [3.63, 3.8) is 0 Å². The van der Waals surface area contributed by atoms with Crippen LogP contribution in [-0.4, -0.2) is 96.8 Å². The van der Waals surface area contributed by atoms with Crippen LogP contribution in [0.25, 0.3) is 6.08 Å². The molecule has 4 heterocycles. The number of carbonyl (C=O) groups excluding carboxylic acids is 1. The zero-order valence-corrected chi connectivity index (χ0v) is 27.4. The van der Waals surface area contributed by atoms with Gasteiger partial charge < -0.3 is 29.5 Å². The normalized spacial score (nSPS) is 22.2. The van der Waals surface area contributed by atoms with Crippen molar-refractivity contribution >= 4 is 63.0 Å². The molecule has 12 heteroatoms. The Morgan fingerprint density at radius 3 is 2.58 bits per heavy atom. The molecule has 1 amide bonds. The van der Waals surface area contributed by atoms with Crippen LogP contribution in [-0.2, 0) is 19.0 Å². The molecule has 0 saturated carbocycles. The first kappa shape index (κ1) is 31.9. The van der Waals surface area contributed by atoms with Gasteiger partial charge in [0, 0.05) is 39.6 Å². The number of thiophene rings is 1. The first-order valence-corrected chi connectivity index (χ1v) is 17.3. The van der Waals surface area contributed by atoms with Gasteiger partial charge >= 0.3 is 12.1 Å². The Bertz CT molecular complexity index is 1360. The Morgan fingerprint density at radius 1 is 1.12 bits per heavy atom. The lowest BCUT2D eigenvalue weighted by Crippen LogP contribution is -2.44. The van der Waals surface area contributed by atoms with Crippen LogP contribution in [0.2, 0.25) is 0 Å². The van der Waals surface area contributed by atoms with Gasteiger partial charge in [0.1, 0.15) is 24.9 Å². The van der Waals surface area contributed by atoms with Gasteiger partial charge in [0.25, 0.3) is 0 Å². The highest BCUT2D eigenvalue weighted by Crippen LogP contribution is 2.43. The van der Waals surface area contributed by atoms with Crippen LogP contribution in [0.4, 0.5) is 9.80 Å². The predicted octanol–water partition coefficient (Wildman–Crippen LogP) is 5.36. The van der Waals surface area contributed by atoms with Gasteiger partial charge in [0.2, 0.25) is 5.04 Å². The lowest BCUT2D eigenvalue weighted by molar-refractivity contribution is -0.546. The van der Waals surface area contributed by atoms with E-state index < -0.39 is 23.7 Å². The molecule has 232 valence electrons. The van der Waals surface area contributed by atoms with Gasteiger partial charge in [-0.25, -0.2) is 14.2 Å². The molecule has 1 atom stereocenters. The molecule has 0 radical (unpaired) electrons. The molecule has 0 spiro atoms. The fourth-order valence-corrected chi connectivity index (χ4v) is 8.35. The number of ether oxygens (including phenoxy) is 3. The van der Waals surface area contributed by atoms with Crippen molar-refractivity contribution < 1.29 is 33.5 Å². The monoisotopic (exact) mass is 646 g/mol. The molecule has 5 rings (SSSR count). The van der Waals surface area contributed by atoms with Gasteiger partial charge in [0.15, 0.2) is 13.1 Å². The molecule has 1 aromatic heterocycles. The Labute approximate surface area is 265 Å². The third-order valence-electron chi connectivity index (χ3n) is 7.13. The molecule has 43 heavy (non-hydrogen) atoms. The van der Waals surface area contributed by atoms with E-state index in [9.17, 15) is 14.7 Å². The first-order valence-electron chi connectivity index (χ1n) is 14.6. The minimum absolute atomic E-state index is 0.186. The number of carboxylic acids is 1. The zero-order valence-electron chi connectivity index (χ0n) is 24.9. The van der Waals surface area contributed by atoms with Gasteiger partial charge in [-0.2, -0.15) is 0 Å². The van der Waals surface area contributed by atoms with Crippen molar-refractivity contribution in [2.24, 2.45) is 0 Å². The van der Waals surface area contributed by atoms with Gasteiger partial charge in [-0.3, -0.25) is 0 Å². The standard InChI is InChI=1S/C31H39N3O6S3/c1-31(2,3)40-30(37)32-25(29(35)36)20-41-28-21(18-23-6-8-26(42-23)33-10-14-38-15-11-33)4-5-22(28)19-24-7-9-27(43-24)34-12-16-39-17-13-34/h6-9,18-19,25H,4-5,10-17,20H2,1-3H3,(H-,32,35,36,37)/p+1. The Balaban J connectivity index is 1.37. The largest absolute Gasteiger partial charge is 0.480 e. The van der Waals surface area contributed by atoms with Gasteiger partial charge in [-0.1, -0.05) is 0 Å². The number of amides is 1. The lowest BCUT2D eigenvalue weighted by atomic mass is 10.2. The summed E-state index contributed by atoms with van der Waals surface area (Å²) in [6.07, 6.45) is 9.82. The number of thioether (sulfide) groups is 2. The molecule has 1 unspecified atom stereocenters. The fraction of sp³-hybridized carbons (Fsp3) is 0.516. The Kier molecular flexibility index (Phi) is 10.8. The summed E-state index contributed by atoms with van der Waals surface area (Å²) in [5, 5.41) is 14.9. The molecule has 9 nitrogen and oxygen atoms in total. The Morgan fingerprint density at radius 2 is 1.86 bits per heavy atom. The van der Waals surface area contributed by atoms with E-state index >= 15 is 0 Å². The molecule has 2 fully saturated rings. The second-order valence-electron chi connectivity index (χ2n) is 11.6. The van der Waals surface area contributed by atoms with Crippen LogP contribution < -0.4 is 10.2 Å². The number of aliphatic carboxylic acids is 1. The van der Waals surface area contributed by atoms with Crippen LogP contribution in [0, 0.1) is 0 Å². The molecule has 3 aliphatic heterocycles. The number of anilines is 1. The summed E-state index contributed by atoms with van der Waals surface area (Å²) in [7, 11) is 0. The molecule has 0 aromatic carbocycles. The van der Waals surface area contributed by atoms with Crippen molar-refractivity contribution in [2.45, 2.75) is 45.3 Å². The number of allylic oxidation sites excluding steroid dienone is 4. The van der Waals surface area contributed by atoms with Gasteiger partial charge in [0.05, 0.1) is 18.2 Å². The van der Waals surface area contributed by atoms with Crippen molar-refractivity contribution in [1.29, 1.82) is 0 Å². The minimum Gasteiger partial charge on any atom is -0.480 e. The smallest absolute Gasteiger partial charge is 0.408 e. The number of hydrogen-bond acceptors (Lipinski definition) is 9. The molecule has 2 N–H and O–H groups in total. The quantitative estimate of drug-likeness (QED) is 0.362. The summed E-state index contributed by atoms with van der Waals surface area (Å²) in [5.41, 5.74) is 1.67. The summed E-state index contributed by atoms with van der Waals surface area (Å²) < 4.78 is 18.7. The van der Waals surface area contributed by atoms with E-state index in [1.54, 1.807) is 43.9 Å². The van der Waals surface area contributed by atoms with Crippen molar-refractivity contribution in [2.75, 3.05) is 63.3 Å². The van der Waals surface area contributed by atoms with Crippen molar-refractivity contribution in [3.05, 3.63) is 56.2 Å². The second kappa shape index (κ2) is 14.5. The summed E-state index contributed by atoms with van der Waals surface area (Å²) in [6.45, 7) is 11.8. The van der Waals surface area contributed by atoms with Crippen LogP contribution in [0.5, 0.6) is 0 Å². The van der Waals surface area contributed by atoms with Crippen molar-refractivity contribution in [1.82, 2.24) is 5.32 Å². The highest BCUT2D eigenvalue weighted by Gasteiger charge is 2.28. The third-order valence-corrected chi connectivity index (χ3v) is 10.6. The molecule has 2 saturated heterocycles. The number of hydrogen-bond donors (Lipinski definition) is 2. The van der Waals surface area contributed by atoms with E-state index in [0.29, 0.717) is 0 Å². The Hall–Kier alpha value is -2.51. The van der Waals surface area contributed by atoms with E-state index in [1.807, 2.05) is 0 Å². The SMILES string of the molecule is CC(C)(C)OC(=O)NC(CSC1=C(/C=C2\C=CC(=[N+]3CCOCC3)S2)CC/C1=C\c1ccc(N2CCOCC2)s1)C(=O)O. The van der Waals surface area contributed by atoms with E-state index in [1.165, 1.54) is 42.7 Å². The second-order valence-corrected chi connectivity index (χ2v) is 14.8. The van der Waals surface area contributed by atoms with Gasteiger partial charge in [-0.05, 0) is 86.9 Å². The molecular weight excluding hydrogens is 607 g/mol. The van der Waals surface area contributed by atoms with Crippen LogP contribution in [0.15, 0.2) is 51.3 Å². The van der Waals surface area contributed by atoms with Gasteiger partial charge in [-0.15, -0.1) is 23.1 Å². The van der Waals surface area contributed by atoms with E-state index in [-0.39, 0.29) is 5.75 Å². The molecular formula is C31H40N3O6S3+. The molecule has 4 aliphatic rings. The maximum atomic E-state index is 12.4.